The molecule has 0 unspecified atom stereocenters. The summed E-state index contributed by atoms with van der Waals surface area (Å²) in [5.41, 5.74) is 4.73. The highest BCUT2D eigenvalue weighted by Crippen LogP contribution is 2.24. The van der Waals surface area contributed by atoms with E-state index in [0.717, 1.165) is 36.5 Å². The molecule has 0 saturated carbocycles. The van der Waals surface area contributed by atoms with Gasteiger partial charge in [0.2, 0.25) is 0 Å². The Morgan fingerprint density at radius 3 is 2.52 bits per heavy atom. The van der Waals surface area contributed by atoms with E-state index in [1.165, 1.54) is 27.4 Å². The smallest absolute Gasteiger partial charge is 0.122 e. The van der Waals surface area contributed by atoms with Crippen molar-refractivity contribution in [3.8, 4) is 5.75 Å². The lowest BCUT2D eigenvalue weighted by molar-refractivity contribution is 0.300. The minimum Gasteiger partial charge on any atom is -0.493 e. The summed E-state index contributed by atoms with van der Waals surface area (Å²) in [5.74, 6) is 2.07. The molecule has 4 aromatic carbocycles. The van der Waals surface area contributed by atoms with Crippen molar-refractivity contribution in [2.24, 2.45) is 0 Å². The number of aryl methyl sites for hydroxylation is 2. The van der Waals surface area contributed by atoms with Crippen LogP contribution in [0.5, 0.6) is 5.75 Å². The molecule has 154 valence electrons. The monoisotopic (exact) mass is 406 g/mol. The maximum Gasteiger partial charge on any atom is 0.122 e. The Morgan fingerprint density at radius 1 is 0.806 bits per heavy atom. The summed E-state index contributed by atoms with van der Waals surface area (Å²) in [4.78, 5) is 4.99. The van der Waals surface area contributed by atoms with Crippen LogP contribution in [0.15, 0.2) is 91.0 Å². The molecule has 31 heavy (non-hydrogen) atoms. The number of benzene rings is 4. The Hall–Kier alpha value is -3.59. The summed E-state index contributed by atoms with van der Waals surface area (Å²) in [7, 11) is 0. The number of rotatable bonds is 7. The molecule has 5 aromatic rings. The molecule has 0 radical (unpaired) electrons. The number of hydrogen-bond acceptors (Lipinski definition) is 2. The molecule has 3 heteroatoms. The zero-order valence-electron chi connectivity index (χ0n) is 17.8. The van der Waals surface area contributed by atoms with Gasteiger partial charge < -0.3 is 9.30 Å². The lowest BCUT2D eigenvalue weighted by Gasteiger charge is -2.12. The van der Waals surface area contributed by atoms with Gasteiger partial charge in [0.15, 0.2) is 0 Å². The van der Waals surface area contributed by atoms with Gasteiger partial charge in [0, 0.05) is 13.0 Å². The highest BCUT2D eigenvalue weighted by Gasteiger charge is 2.12. The van der Waals surface area contributed by atoms with Crippen LogP contribution in [0.4, 0.5) is 0 Å². The average molecular weight is 407 g/mol. The lowest BCUT2D eigenvalue weighted by atomic mass is 10.0. The zero-order chi connectivity index (χ0) is 21.0. The molecule has 1 heterocycles. The van der Waals surface area contributed by atoms with E-state index in [2.05, 4.69) is 84.3 Å². The Labute approximate surface area is 182 Å². The minimum atomic E-state index is 0.686. The molecule has 5 rings (SSSR count). The van der Waals surface area contributed by atoms with E-state index >= 15 is 0 Å². The summed E-state index contributed by atoms with van der Waals surface area (Å²) in [6.45, 7) is 3.65. The van der Waals surface area contributed by atoms with Gasteiger partial charge in [-0.25, -0.2) is 4.98 Å². The number of imidazole rings is 1. The molecule has 0 spiro atoms. The second-order valence-electron chi connectivity index (χ2n) is 7.95. The Bertz CT molecular complexity index is 1330. The predicted octanol–water partition coefficient (Wildman–Crippen LogP) is 6.56. The standard InChI is InChI=1S/C28H26N2O/c1-21-10-2-7-17-27(21)31-19-9-18-30-26-16-6-5-15-25(26)29-28(30)20-23-13-8-12-22-11-3-4-14-24(22)23/h2-8,10-17H,9,18-20H2,1H3. The summed E-state index contributed by atoms with van der Waals surface area (Å²) >= 11 is 0. The van der Waals surface area contributed by atoms with Crippen LogP contribution >= 0.6 is 0 Å². The van der Waals surface area contributed by atoms with Crippen LogP contribution in [-0.2, 0) is 13.0 Å². The van der Waals surface area contributed by atoms with Crippen molar-refractivity contribution in [1.29, 1.82) is 0 Å². The van der Waals surface area contributed by atoms with Crippen molar-refractivity contribution >= 4 is 21.8 Å². The first-order chi connectivity index (χ1) is 15.3. The van der Waals surface area contributed by atoms with Crippen LogP contribution < -0.4 is 4.74 Å². The molecule has 0 fully saturated rings. The zero-order valence-corrected chi connectivity index (χ0v) is 17.8. The van der Waals surface area contributed by atoms with E-state index in [1.807, 2.05) is 18.2 Å². The highest BCUT2D eigenvalue weighted by molar-refractivity contribution is 5.86. The lowest BCUT2D eigenvalue weighted by Crippen LogP contribution is -2.09. The normalized spacial score (nSPS) is 11.3. The molecule has 0 N–H and O–H groups in total. The van der Waals surface area contributed by atoms with E-state index in [9.17, 15) is 0 Å². The predicted molar refractivity (Wildman–Crippen MR) is 128 cm³/mol. The number of fused-ring (bicyclic) bond motifs is 2. The van der Waals surface area contributed by atoms with Crippen molar-refractivity contribution < 1.29 is 4.74 Å². The summed E-state index contributed by atoms with van der Waals surface area (Å²) in [6.07, 6.45) is 1.74. The van der Waals surface area contributed by atoms with Crippen molar-refractivity contribution in [2.45, 2.75) is 26.3 Å². The second kappa shape index (κ2) is 8.65. The molecule has 0 amide bonds. The number of para-hydroxylation sites is 3. The average Bonchev–Trinajstić information content (AvgIpc) is 3.15. The molecule has 1 aromatic heterocycles. The van der Waals surface area contributed by atoms with Gasteiger partial charge in [-0.05, 0) is 53.4 Å². The summed E-state index contributed by atoms with van der Waals surface area (Å²) in [5, 5.41) is 2.57. The molecule has 0 atom stereocenters. The van der Waals surface area contributed by atoms with Gasteiger partial charge in [-0.1, -0.05) is 72.8 Å². The topological polar surface area (TPSA) is 27.1 Å². The number of ether oxygens (including phenoxy) is 1. The molecule has 0 aliphatic heterocycles. The van der Waals surface area contributed by atoms with Crippen LogP contribution in [0.25, 0.3) is 21.8 Å². The van der Waals surface area contributed by atoms with Gasteiger partial charge in [-0.3, -0.25) is 0 Å². The molecule has 3 nitrogen and oxygen atoms in total. The summed E-state index contributed by atoms with van der Waals surface area (Å²) in [6, 6.07) is 31.7. The Kier molecular flexibility index (Phi) is 5.40. The molecule has 0 aliphatic carbocycles. The van der Waals surface area contributed by atoms with E-state index in [1.54, 1.807) is 0 Å². The van der Waals surface area contributed by atoms with E-state index < -0.39 is 0 Å². The van der Waals surface area contributed by atoms with Gasteiger partial charge in [-0.15, -0.1) is 0 Å². The SMILES string of the molecule is Cc1ccccc1OCCCn1c(Cc2cccc3ccccc23)nc2ccccc21. The largest absolute Gasteiger partial charge is 0.493 e. The van der Waals surface area contributed by atoms with Gasteiger partial charge in [-0.2, -0.15) is 0 Å². The fraction of sp³-hybridized carbons (Fsp3) is 0.179. The van der Waals surface area contributed by atoms with E-state index in [4.69, 9.17) is 9.72 Å². The molecule has 0 saturated heterocycles. The van der Waals surface area contributed by atoms with Crippen molar-refractivity contribution in [3.05, 3.63) is 108 Å². The summed E-state index contributed by atoms with van der Waals surface area (Å²) < 4.78 is 8.39. The highest BCUT2D eigenvalue weighted by atomic mass is 16.5. The quantitative estimate of drug-likeness (QED) is 0.286. The third-order valence-electron chi connectivity index (χ3n) is 5.84. The molecular formula is C28H26N2O. The molecule has 0 aliphatic rings. The third-order valence-corrected chi connectivity index (χ3v) is 5.84. The number of aromatic nitrogens is 2. The Morgan fingerprint density at radius 2 is 1.58 bits per heavy atom. The Balaban J connectivity index is 1.40. The van der Waals surface area contributed by atoms with Gasteiger partial charge in [0.25, 0.3) is 0 Å². The van der Waals surface area contributed by atoms with Crippen LogP contribution in [0, 0.1) is 6.92 Å². The van der Waals surface area contributed by atoms with Crippen molar-refractivity contribution in [1.82, 2.24) is 9.55 Å². The van der Waals surface area contributed by atoms with Crippen LogP contribution in [0.1, 0.15) is 23.4 Å². The first-order valence-corrected chi connectivity index (χ1v) is 10.9. The maximum atomic E-state index is 6.03. The fourth-order valence-electron chi connectivity index (χ4n) is 4.25. The van der Waals surface area contributed by atoms with Gasteiger partial charge in [0.1, 0.15) is 11.6 Å². The van der Waals surface area contributed by atoms with E-state index in [-0.39, 0.29) is 0 Å². The fourth-order valence-corrected chi connectivity index (χ4v) is 4.25. The van der Waals surface area contributed by atoms with Gasteiger partial charge >= 0.3 is 0 Å². The van der Waals surface area contributed by atoms with Crippen LogP contribution in [0.2, 0.25) is 0 Å². The van der Waals surface area contributed by atoms with E-state index in [0.29, 0.717) is 6.61 Å². The van der Waals surface area contributed by atoms with Crippen LogP contribution in [-0.4, -0.2) is 16.2 Å². The first-order valence-electron chi connectivity index (χ1n) is 10.9. The van der Waals surface area contributed by atoms with Crippen LogP contribution in [0.3, 0.4) is 0 Å². The van der Waals surface area contributed by atoms with Crippen molar-refractivity contribution in [3.63, 3.8) is 0 Å². The third kappa shape index (κ3) is 4.04. The number of nitrogens with zero attached hydrogens (tertiary/aromatic N) is 2. The second-order valence-corrected chi connectivity index (χ2v) is 7.95. The maximum absolute atomic E-state index is 6.03. The van der Waals surface area contributed by atoms with Crippen molar-refractivity contribution in [2.75, 3.05) is 6.61 Å². The van der Waals surface area contributed by atoms with Gasteiger partial charge in [0.05, 0.1) is 17.6 Å². The first kappa shape index (κ1) is 19.4. The number of hydrogen-bond donors (Lipinski definition) is 0. The minimum absolute atomic E-state index is 0.686. The molecule has 0 bridgehead atoms. The molecular weight excluding hydrogens is 380 g/mol.